The molecule has 2 fully saturated rings. The normalized spacial score (nSPS) is 21.9. The van der Waals surface area contributed by atoms with Crippen LogP contribution in [0.1, 0.15) is 64.3 Å². The van der Waals surface area contributed by atoms with Crippen molar-refractivity contribution >= 4 is 23.2 Å². The number of halogens is 1. The number of nitrogens with zero attached hydrogens (tertiary/aromatic N) is 2. The van der Waals surface area contributed by atoms with Gasteiger partial charge < -0.3 is 29.9 Å². The number of carbonyl (C=O) groups excluding carboxylic acids is 1. The third kappa shape index (κ3) is 7.18. The van der Waals surface area contributed by atoms with E-state index in [2.05, 4.69) is 15.2 Å². The summed E-state index contributed by atoms with van der Waals surface area (Å²) in [6, 6.07) is 26.2. The molecule has 4 aromatic rings. The molecular weight excluding hydrogens is 578 g/mol. The summed E-state index contributed by atoms with van der Waals surface area (Å²) >= 11 is 6.07. The summed E-state index contributed by atoms with van der Waals surface area (Å²) in [5.74, 6) is -0.246. The molecule has 0 saturated carbocycles. The Morgan fingerprint density at radius 1 is 0.977 bits per heavy atom. The molecule has 9 heteroatoms. The first-order chi connectivity index (χ1) is 21.4. The molecule has 8 nitrogen and oxygen atoms in total. The summed E-state index contributed by atoms with van der Waals surface area (Å²) in [6.07, 6.45) is 4.04. The number of aliphatic hydroxyl groups excluding tert-OH is 1. The Labute approximate surface area is 262 Å². The molecule has 3 heterocycles. The summed E-state index contributed by atoms with van der Waals surface area (Å²) in [5, 5.41) is 24.5. The second kappa shape index (κ2) is 13.6. The monoisotopic (exact) mass is 613 g/mol. The maximum atomic E-state index is 12.8. The van der Waals surface area contributed by atoms with Crippen LogP contribution in [0.5, 0.6) is 0 Å². The molecule has 3 N–H and O–H groups in total. The average molecular weight is 614 g/mol. The highest BCUT2D eigenvalue weighted by atomic mass is 35.5. The van der Waals surface area contributed by atoms with Crippen molar-refractivity contribution in [3.8, 4) is 0 Å². The zero-order valence-electron chi connectivity index (χ0n) is 24.3. The van der Waals surface area contributed by atoms with Crippen molar-refractivity contribution in [1.29, 1.82) is 0 Å². The molecule has 228 valence electrons. The van der Waals surface area contributed by atoms with Crippen LogP contribution in [0.15, 0.2) is 97.3 Å². The van der Waals surface area contributed by atoms with Gasteiger partial charge in [0.15, 0.2) is 6.29 Å². The van der Waals surface area contributed by atoms with E-state index in [9.17, 15) is 15.0 Å². The number of aliphatic hydroxyl groups is 2. The van der Waals surface area contributed by atoms with Crippen molar-refractivity contribution in [3.63, 3.8) is 0 Å². The van der Waals surface area contributed by atoms with Crippen LogP contribution in [0.2, 0.25) is 5.02 Å². The predicted octanol–water partition coefficient (Wildman–Crippen LogP) is 6.01. The van der Waals surface area contributed by atoms with E-state index in [1.165, 1.54) is 6.20 Å². The van der Waals surface area contributed by atoms with E-state index in [-0.39, 0.29) is 24.7 Å². The first-order valence-corrected chi connectivity index (χ1v) is 15.3. The number of nitrogens with one attached hydrogen (secondary N) is 1. The first kappa shape index (κ1) is 30.4. The Balaban J connectivity index is 1.17. The van der Waals surface area contributed by atoms with Gasteiger partial charge in [-0.15, -0.1) is 0 Å². The second-order valence-corrected chi connectivity index (χ2v) is 11.9. The second-order valence-electron chi connectivity index (χ2n) is 11.5. The van der Waals surface area contributed by atoms with E-state index in [0.29, 0.717) is 42.1 Å². The molecule has 1 aromatic heterocycles. The van der Waals surface area contributed by atoms with Crippen LogP contribution < -0.4 is 5.32 Å². The Morgan fingerprint density at radius 2 is 1.75 bits per heavy atom. The Bertz CT molecular complexity index is 1540. The van der Waals surface area contributed by atoms with Crippen molar-refractivity contribution in [3.05, 3.63) is 130 Å². The number of aromatic nitrogens is 1. The molecule has 2 saturated heterocycles. The van der Waals surface area contributed by atoms with Crippen LogP contribution in [0.25, 0.3) is 0 Å². The molecule has 0 unspecified atom stereocenters. The molecule has 0 aliphatic carbocycles. The maximum Gasteiger partial charge on any atom is 0.257 e. The van der Waals surface area contributed by atoms with Crippen molar-refractivity contribution in [2.24, 2.45) is 0 Å². The van der Waals surface area contributed by atoms with Crippen LogP contribution in [-0.2, 0) is 21.7 Å². The zero-order valence-corrected chi connectivity index (χ0v) is 25.1. The van der Waals surface area contributed by atoms with Gasteiger partial charge in [-0.05, 0) is 65.9 Å². The van der Waals surface area contributed by atoms with Gasteiger partial charge in [0.1, 0.15) is 0 Å². The van der Waals surface area contributed by atoms with Gasteiger partial charge in [-0.2, -0.15) is 0 Å². The molecule has 3 aromatic carbocycles. The third-order valence-electron chi connectivity index (χ3n) is 8.48. The lowest BCUT2D eigenvalue weighted by molar-refractivity contribution is -0.253. The lowest BCUT2D eigenvalue weighted by Crippen LogP contribution is -2.46. The van der Waals surface area contributed by atoms with E-state index in [0.717, 1.165) is 35.3 Å². The molecule has 2 aliphatic rings. The van der Waals surface area contributed by atoms with Crippen molar-refractivity contribution in [1.82, 2.24) is 9.88 Å². The highest BCUT2D eigenvalue weighted by Crippen LogP contribution is 2.40. The van der Waals surface area contributed by atoms with E-state index in [1.807, 2.05) is 72.8 Å². The zero-order chi connectivity index (χ0) is 30.5. The molecule has 44 heavy (non-hydrogen) atoms. The SMILES string of the molecule is O=C(Nc1cccc([C@@H]2O[C@H](CN3CCC(O)(c4ccc(Cl)cc4)CC3)C[C@H](c3ccc(CO)cc3)O2)c1)c1cccnc1. The third-order valence-corrected chi connectivity index (χ3v) is 8.73. The van der Waals surface area contributed by atoms with E-state index in [1.54, 1.807) is 18.3 Å². The highest BCUT2D eigenvalue weighted by molar-refractivity contribution is 6.30. The van der Waals surface area contributed by atoms with Gasteiger partial charge in [-0.1, -0.05) is 60.1 Å². The lowest BCUT2D eigenvalue weighted by atomic mass is 9.84. The molecular formula is C35H36ClN3O5. The summed E-state index contributed by atoms with van der Waals surface area (Å²) in [6.45, 7) is 2.14. The molecule has 6 rings (SSSR count). The summed E-state index contributed by atoms with van der Waals surface area (Å²) < 4.78 is 13.1. The molecule has 0 radical (unpaired) electrons. The number of benzene rings is 3. The van der Waals surface area contributed by atoms with Gasteiger partial charge in [0.25, 0.3) is 5.91 Å². The number of carbonyl (C=O) groups is 1. The molecule has 0 spiro atoms. The average Bonchev–Trinajstić information content (AvgIpc) is 3.06. The molecule has 3 atom stereocenters. The minimum absolute atomic E-state index is 0.0188. The molecule has 2 aliphatic heterocycles. The standard InChI is InChI=1S/C35H36ClN3O5/c36-29-12-10-28(11-13-29)35(42)14-17-39(18-15-35)22-31-20-32(25-8-6-24(23-40)7-9-25)44-34(43-31)26-3-1-5-30(19-26)38-33(41)27-4-2-16-37-21-27/h1-13,16,19,21,31-32,34,40,42H,14-15,17-18,20,22-23H2,(H,38,41)/t31-,32+,34+/m0/s1. The van der Waals surface area contributed by atoms with Crippen LogP contribution in [0, 0.1) is 0 Å². The fraction of sp³-hybridized carbons (Fsp3) is 0.314. The Hall–Kier alpha value is -3.63. The van der Waals surface area contributed by atoms with Crippen molar-refractivity contribution in [2.75, 3.05) is 25.0 Å². The number of pyridine rings is 1. The van der Waals surface area contributed by atoms with Gasteiger partial charge in [-0.25, -0.2) is 0 Å². The number of likely N-dealkylation sites (tertiary alicyclic amines) is 1. The van der Waals surface area contributed by atoms with Crippen LogP contribution in [0.4, 0.5) is 5.69 Å². The topological polar surface area (TPSA) is 104 Å². The summed E-state index contributed by atoms with van der Waals surface area (Å²) in [4.78, 5) is 19.1. The number of hydrogen-bond acceptors (Lipinski definition) is 7. The van der Waals surface area contributed by atoms with Gasteiger partial charge in [-0.3, -0.25) is 9.78 Å². The van der Waals surface area contributed by atoms with Crippen molar-refractivity contribution < 1.29 is 24.5 Å². The van der Waals surface area contributed by atoms with E-state index >= 15 is 0 Å². The molecule has 0 bridgehead atoms. The predicted molar refractivity (Wildman–Crippen MR) is 168 cm³/mol. The smallest absolute Gasteiger partial charge is 0.257 e. The minimum Gasteiger partial charge on any atom is -0.392 e. The Morgan fingerprint density at radius 3 is 2.45 bits per heavy atom. The van der Waals surface area contributed by atoms with Crippen LogP contribution in [-0.4, -0.2) is 51.7 Å². The highest BCUT2D eigenvalue weighted by Gasteiger charge is 2.37. The van der Waals surface area contributed by atoms with E-state index in [4.69, 9.17) is 21.1 Å². The first-order valence-electron chi connectivity index (χ1n) is 14.9. The van der Waals surface area contributed by atoms with Gasteiger partial charge in [0.05, 0.1) is 30.0 Å². The van der Waals surface area contributed by atoms with Gasteiger partial charge in [0, 0.05) is 54.7 Å². The minimum atomic E-state index is -0.877. The molecule has 1 amide bonds. The summed E-state index contributed by atoms with van der Waals surface area (Å²) in [5.41, 5.74) is 3.77. The quantitative estimate of drug-likeness (QED) is 0.224. The number of amides is 1. The summed E-state index contributed by atoms with van der Waals surface area (Å²) in [7, 11) is 0. The van der Waals surface area contributed by atoms with Crippen LogP contribution in [0.3, 0.4) is 0 Å². The number of anilines is 1. The van der Waals surface area contributed by atoms with Crippen LogP contribution >= 0.6 is 11.6 Å². The fourth-order valence-electron chi connectivity index (χ4n) is 5.94. The number of hydrogen-bond donors (Lipinski definition) is 3. The van der Waals surface area contributed by atoms with Crippen molar-refractivity contribution in [2.45, 2.75) is 50.0 Å². The largest absolute Gasteiger partial charge is 0.392 e. The van der Waals surface area contributed by atoms with Gasteiger partial charge in [0.2, 0.25) is 0 Å². The maximum absolute atomic E-state index is 12.8. The number of piperidine rings is 1. The Kier molecular flexibility index (Phi) is 9.37. The van der Waals surface area contributed by atoms with Gasteiger partial charge >= 0.3 is 0 Å². The fourth-order valence-corrected chi connectivity index (χ4v) is 6.06. The number of ether oxygens (including phenoxy) is 2. The lowest BCUT2D eigenvalue weighted by Gasteiger charge is -2.42. The number of rotatable bonds is 8. The van der Waals surface area contributed by atoms with E-state index < -0.39 is 11.9 Å².